The first-order valence-corrected chi connectivity index (χ1v) is 9.69. The number of H-pyrrole nitrogens is 1. The van der Waals surface area contributed by atoms with Crippen LogP contribution in [0, 0.1) is 6.92 Å². The van der Waals surface area contributed by atoms with Gasteiger partial charge in [-0.15, -0.1) is 0 Å². The smallest absolute Gasteiger partial charge is 0.289 e. The number of rotatable bonds is 2. The van der Waals surface area contributed by atoms with E-state index in [-0.39, 0.29) is 23.0 Å². The first-order valence-electron chi connectivity index (χ1n) is 9.69. The highest BCUT2D eigenvalue weighted by molar-refractivity contribution is 5.91. The van der Waals surface area contributed by atoms with Gasteiger partial charge in [0.2, 0.25) is 5.91 Å². The van der Waals surface area contributed by atoms with Crippen molar-refractivity contribution >= 4 is 11.8 Å². The van der Waals surface area contributed by atoms with Gasteiger partial charge in [-0.2, -0.15) is 0 Å². The first kappa shape index (κ1) is 18.5. The van der Waals surface area contributed by atoms with E-state index in [2.05, 4.69) is 9.97 Å². The highest BCUT2D eigenvalue weighted by Crippen LogP contribution is 2.42. The second-order valence-electron chi connectivity index (χ2n) is 7.47. The van der Waals surface area contributed by atoms with E-state index in [4.69, 9.17) is 4.42 Å². The molecule has 8 heteroatoms. The van der Waals surface area contributed by atoms with Crippen LogP contribution in [0.5, 0.6) is 0 Å². The lowest BCUT2D eigenvalue weighted by atomic mass is 9.78. The lowest BCUT2D eigenvalue weighted by Gasteiger charge is -2.50. The molecule has 1 N–H and O–H groups in total. The van der Waals surface area contributed by atoms with Gasteiger partial charge >= 0.3 is 0 Å². The summed E-state index contributed by atoms with van der Waals surface area (Å²) in [5.41, 5.74) is 1.28. The number of carbonyl (C=O) groups excluding carboxylic acids is 2. The Balaban J connectivity index is 1.60. The van der Waals surface area contributed by atoms with Crippen LogP contribution in [0.25, 0.3) is 0 Å². The van der Waals surface area contributed by atoms with Gasteiger partial charge in [-0.25, -0.2) is 4.98 Å². The van der Waals surface area contributed by atoms with Crippen LogP contribution >= 0.6 is 0 Å². The summed E-state index contributed by atoms with van der Waals surface area (Å²) in [7, 11) is 0. The van der Waals surface area contributed by atoms with Crippen LogP contribution in [0.1, 0.15) is 53.9 Å². The number of fused-ring (bicyclic) bond motifs is 2. The van der Waals surface area contributed by atoms with Gasteiger partial charge in [0.15, 0.2) is 11.2 Å². The average Bonchev–Trinajstić information content (AvgIpc) is 3.17. The molecule has 0 radical (unpaired) electrons. The predicted octanol–water partition coefficient (Wildman–Crippen LogP) is 1.60. The fourth-order valence-electron chi connectivity index (χ4n) is 4.48. The van der Waals surface area contributed by atoms with E-state index >= 15 is 0 Å². The number of aromatic nitrogens is 2. The number of piperidine rings is 1. The quantitative estimate of drug-likeness (QED) is 0.848. The summed E-state index contributed by atoms with van der Waals surface area (Å²) in [6, 6.07) is 2.59. The molecular weight excluding hydrogens is 360 g/mol. The number of hydrogen-bond donors (Lipinski definition) is 1. The minimum absolute atomic E-state index is 0.0616. The minimum Gasteiger partial charge on any atom is -0.456 e. The summed E-state index contributed by atoms with van der Waals surface area (Å²) in [6.07, 6.45) is 4.11. The van der Waals surface area contributed by atoms with Crippen molar-refractivity contribution in [1.29, 1.82) is 0 Å². The zero-order valence-corrected chi connectivity index (χ0v) is 16.2. The topological polar surface area (TPSA) is 99.5 Å². The van der Waals surface area contributed by atoms with E-state index in [9.17, 15) is 14.4 Å². The maximum absolute atomic E-state index is 12.8. The second kappa shape index (κ2) is 6.92. The fraction of sp³-hybridized carbons (Fsp3) is 0.500. The number of aromatic amines is 1. The molecule has 0 bridgehead atoms. The molecule has 1 spiro atoms. The van der Waals surface area contributed by atoms with Crippen LogP contribution in [0.2, 0.25) is 0 Å². The van der Waals surface area contributed by atoms with Gasteiger partial charge in [0.05, 0.1) is 17.6 Å². The van der Waals surface area contributed by atoms with E-state index < -0.39 is 5.54 Å². The molecule has 1 fully saturated rings. The van der Waals surface area contributed by atoms with E-state index in [1.807, 2.05) is 11.8 Å². The van der Waals surface area contributed by atoms with Crippen LogP contribution in [-0.4, -0.2) is 51.2 Å². The van der Waals surface area contributed by atoms with Gasteiger partial charge in [-0.3, -0.25) is 14.4 Å². The van der Waals surface area contributed by atoms with Crippen molar-refractivity contribution in [3.63, 3.8) is 0 Å². The van der Waals surface area contributed by atoms with Crippen LogP contribution < -0.4 is 5.43 Å². The SMILES string of the molecule is CCC(=O)N1CCc2[nH]cnc2C12CCN(C(=O)c1cc(=O)cc(C)o1)CC2. The molecule has 0 aliphatic carbocycles. The Kier molecular flexibility index (Phi) is 4.56. The van der Waals surface area contributed by atoms with Crippen molar-refractivity contribution in [3.05, 3.63) is 51.6 Å². The lowest BCUT2D eigenvalue weighted by molar-refractivity contribution is -0.141. The molecule has 28 heavy (non-hydrogen) atoms. The minimum atomic E-state index is -0.481. The molecule has 2 amide bonds. The predicted molar refractivity (Wildman–Crippen MR) is 101 cm³/mol. The number of aryl methyl sites for hydroxylation is 1. The maximum Gasteiger partial charge on any atom is 0.289 e. The number of likely N-dealkylation sites (tertiary alicyclic amines) is 1. The zero-order valence-electron chi connectivity index (χ0n) is 16.2. The Morgan fingerprint density at radius 3 is 2.68 bits per heavy atom. The van der Waals surface area contributed by atoms with E-state index in [1.165, 1.54) is 12.1 Å². The average molecular weight is 384 g/mol. The monoisotopic (exact) mass is 384 g/mol. The molecule has 8 nitrogen and oxygen atoms in total. The Hall–Kier alpha value is -2.90. The van der Waals surface area contributed by atoms with E-state index in [0.717, 1.165) is 17.8 Å². The van der Waals surface area contributed by atoms with Gasteiger partial charge in [0.1, 0.15) is 5.76 Å². The zero-order chi connectivity index (χ0) is 19.9. The molecule has 2 aromatic heterocycles. The van der Waals surface area contributed by atoms with Crippen LogP contribution in [0.3, 0.4) is 0 Å². The van der Waals surface area contributed by atoms with Crippen LogP contribution in [0.4, 0.5) is 0 Å². The summed E-state index contributed by atoms with van der Waals surface area (Å²) < 4.78 is 5.46. The number of hydrogen-bond acceptors (Lipinski definition) is 5. The van der Waals surface area contributed by atoms with Crippen molar-refractivity contribution in [3.8, 4) is 0 Å². The number of nitrogens with one attached hydrogen (secondary N) is 1. The molecular formula is C20H24N4O4. The number of nitrogens with zero attached hydrogens (tertiary/aromatic N) is 3. The molecule has 2 aromatic rings. The van der Waals surface area contributed by atoms with Crippen molar-refractivity contribution < 1.29 is 14.0 Å². The molecule has 4 heterocycles. The molecule has 2 aliphatic heterocycles. The molecule has 148 valence electrons. The molecule has 0 aromatic carbocycles. The van der Waals surface area contributed by atoms with Gasteiger partial charge < -0.3 is 19.2 Å². The normalized spacial score (nSPS) is 18.2. The summed E-state index contributed by atoms with van der Waals surface area (Å²) in [5, 5.41) is 0. The van der Waals surface area contributed by atoms with Crippen LogP contribution in [-0.2, 0) is 16.8 Å². The third kappa shape index (κ3) is 2.93. The summed E-state index contributed by atoms with van der Waals surface area (Å²) in [6.45, 7) is 5.11. The third-order valence-electron chi connectivity index (χ3n) is 5.84. The first-order chi connectivity index (χ1) is 13.4. The standard InChI is InChI=1S/C20H24N4O4/c1-3-17(26)24-7-4-15-18(22-12-21-15)20(24)5-8-23(9-6-20)19(27)16-11-14(25)10-13(2)28-16/h10-12H,3-9H2,1-2H3,(H,21,22). The largest absolute Gasteiger partial charge is 0.456 e. The second-order valence-corrected chi connectivity index (χ2v) is 7.47. The molecule has 0 atom stereocenters. The Morgan fingerprint density at radius 2 is 2.00 bits per heavy atom. The van der Waals surface area contributed by atoms with Crippen molar-refractivity contribution in [2.45, 2.75) is 45.1 Å². The highest BCUT2D eigenvalue weighted by Gasteiger charge is 2.48. The molecule has 0 unspecified atom stereocenters. The highest BCUT2D eigenvalue weighted by atomic mass is 16.3. The van der Waals surface area contributed by atoms with Gasteiger partial charge in [-0.1, -0.05) is 6.92 Å². The summed E-state index contributed by atoms with van der Waals surface area (Å²) in [4.78, 5) is 48.6. The molecule has 1 saturated heterocycles. The van der Waals surface area contributed by atoms with Gasteiger partial charge in [-0.05, 0) is 19.8 Å². The van der Waals surface area contributed by atoms with Crippen molar-refractivity contribution in [2.24, 2.45) is 0 Å². The molecule has 2 aliphatic rings. The molecule has 0 saturated carbocycles. The lowest BCUT2D eigenvalue weighted by Crippen LogP contribution is -2.58. The van der Waals surface area contributed by atoms with Gasteiger partial charge in [0.25, 0.3) is 5.91 Å². The van der Waals surface area contributed by atoms with Gasteiger partial charge in [0, 0.05) is 50.3 Å². The maximum atomic E-state index is 12.8. The van der Waals surface area contributed by atoms with E-state index in [1.54, 1.807) is 18.2 Å². The Bertz CT molecular complexity index is 969. The summed E-state index contributed by atoms with van der Waals surface area (Å²) >= 11 is 0. The number of carbonyl (C=O) groups is 2. The summed E-state index contributed by atoms with van der Waals surface area (Å²) in [5.74, 6) is 0.296. The Labute approximate surface area is 162 Å². The molecule has 4 rings (SSSR count). The Morgan fingerprint density at radius 1 is 1.25 bits per heavy atom. The number of imidazole rings is 1. The van der Waals surface area contributed by atoms with Crippen molar-refractivity contribution in [1.82, 2.24) is 19.8 Å². The van der Waals surface area contributed by atoms with Crippen molar-refractivity contribution in [2.75, 3.05) is 19.6 Å². The van der Waals surface area contributed by atoms with E-state index in [0.29, 0.717) is 44.7 Å². The number of amides is 2. The van der Waals surface area contributed by atoms with Crippen LogP contribution in [0.15, 0.2) is 27.7 Å². The fourth-order valence-corrected chi connectivity index (χ4v) is 4.48. The third-order valence-corrected chi connectivity index (χ3v) is 5.84.